The van der Waals surface area contributed by atoms with Gasteiger partial charge in [-0.3, -0.25) is 24.4 Å². The second kappa shape index (κ2) is 44.4. The highest BCUT2D eigenvalue weighted by molar-refractivity contribution is 6.68. The summed E-state index contributed by atoms with van der Waals surface area (Å²) in [6, 6.07) is 26.9. The fraction of sp³-hybridized carbons (Fsp3) is 0.580. The van der Waals surface area contributed by atoms with E-state index in [-0.39, 0.29) is 69.2 Å². The molecule has 4 aliphatic heterocycles. The Hall–Kier alpha value is -8.47. The quantitative estimate of drug-likeness (QED) is 0.0145. The van der Waals surface area contributed by atoms with E-state index in [9.17, 15) is 61.1 Å². The number of alkyl halides is 10. The fourth-order valence-corrected chi connectivity index (χ4v) is 13.0. The van der Waals surface area contributed by atoms with Gasteiger partial charge in [-0.15, -0.1) is 0 Å². The number of ketones is 1. The van der Waals surface area contributed by atoms with Crippen LogP contribution in [0.15, 0.2) is 114 Å². The standard InChI is InChI=1S/C23H28Cl4F2N2O5.C22H28Cl3FN2O6.C18H23FN4O4.C18H25FN2O4/c1-21(2,3)36-20(34)31-12-22(29,11-30(4)19(33)35-13-23(25,26)27)10-16(31)17(32)9-8-14-6-5-7-15(24)18(14)28;1-20(2,3)34-19(31)28-13-21(26,12-27(4)18(30)33-14-22(23,24)25)10-16(28)17(29)32-11-15-8-6-5-7-9-15;1-17(2,3)27-16(25)23-12-18(19,11-21-22-20)9-14(23)15(24)26-10-13-7-5-4-6-8-13;1-17(2,3)25-16(23)21-12-18(19,11-20)9-14(21)15(22)24-10-13-7-5-4-6-8-13/h5-7,16H,8-13H2,1-4H3;5-9,16H,10-14H2,1-4H3;4-8,14H,9-12H2,1-3H3;4-8,14H,9-12,20H2,1-3H3/t16-,22-;16-,21-;2*14-,18-/m0000/s1. The number of likely N-dealkylation sites (tertiary alicyclic amines) is 4. The number of nitrogens with two attached hydrogens (primary N) is 1. The Morgan fingerprint density at radius 1 is 0.467 bits per heavy atom. The zero-order valence-corrected chi connectivity index (χ0v) is 75.3. The number of hydrogen-bond acceptors (Lipinski definition) is 21. The number of benzene rings is 4. The summed E-state index contributed by atoms with van der Waals surface area (Å²) in [6.07, 6.45) is -6.67. The lowest BCUT2D eigenvalue weighted by Gasteiger charge is -2.28. The van der Waals surface area contributed by atoms with Crippen LogP contribution in [0.2, 0.25) is 5.02 Å². The second-order valence-electron chi connectivity index (χ2n) is 33.5. The van der Waals surface area contributed by atoms with Crippen LogP contribution in [-0.2, 0) is 88.1 Å². The van der Waals surface area contributed by atoms with E-state index >= 15 is 8.78 Å². The van der Waals surface area contributed by atoms with Crippen molar-refractivity contribution in [3.05, 3.63) is 153 Å². The third kappa shape index (κ3) is 35.6. The van der Waals surface area contributed by atoms with E-state index in [1.54, 1.807) is 138 Å². The van der Waals surface area contributed by atoms with Crippen molar-refractivity contribution in [2.24, 2.45) is 10.8 Å². The summed E-state index contributed by atoms with van der Waals surface area (Å²) >= 11 is 39.2. The van der Waals surface area contributed by atoms with Crippen molar-refractivity contribution in [3.63, 3.8) is 0 Å². The number of halogens is 12. The maximum atomic E-state index is 15.9. The van der Waals surface area contributed by atoms with Gasteiger partial charge in [-0.25, -0.2) is 65.1 Å². The molecule has 4 aromatic carbocycles. The van der Waals surface area contributed by atoms with Gasteiger partial charge in [0.2, 0.25) is 7.59 Å². The molecule has 8 rings (SSSR count). The Balaban J connectivity index is 0.000000292. The van der Waals surface area contributed by atoms with Crippen molar-refractivity contribution < 1.29 is 113 Å². The molecule has 0 aromatic heterocycles. The average Bonchev–Trinajstić information content (AvgIpc) is 1.66. The highest BCUT2D eigenvalue weighted by Crippen LogP contribution is 2.39. The van der Waals surface area contributed by atoms with E-state index < -0.39 is 208 Å². The van der Waals surface area contributed by atoms with E-state index in [4.69, 9.17) is 135 Å². The molecule has 0 radical (unpaired) electrons. The number of carbonyl (C=O) groups excluding carboxylic acids is 10. The molecule has 41 heteroatoms. The molecule has 0 bridgehead atoms. The van der Waals surface area contributed by atoms with Crippen LogP contribution in [-0.4, -0.2) is 246 Å². The lowest BCUT2D eigenvalue weighted by atomic mass is 9.96. The van der Waals surface area contributed by atoms with E-state index in [0.717, 1.165) is 46.1 Å². The molecular formula is C81H104Cl7F5N10O19. The van der Waals surface area contributed by atoms with Gasteiger partial charge in [0.25, 0.3) is 0 Å². The molecule has 122 heavy (non-hydrogen) atoms. The number of hydrogen-bond donors (Lipinski definition) is 1. The molecule has 2 N–H and O–H groups in total. The summed E-state index contributed by atoms with van der Waals surface area (Å²) in [6.45, 7) is 15.5. The Morgan fingerprint density at radius 3 is 1.09 bits per heavy atom. The van der Waals surface area contributed by atoms with Crippen molar-refractivity contribution in [3.8, 4) is 0 Å². The molecule has 4 aromatic rings. The first-order chi connectivity index (χ1) is 56.3. The van der Waals surface area contributed by atoms with Crippen LogP contribution in [0, 0.1) is 5.82 Å². The number of carbonyl (C=O) groups is 10. The number of aryl methyl sites for hydroxylation is 1. The summed E-state index contributed by atoms with van der Waals surface area (Å²) < 4.78 is 119. The summed E-state index contributed by atoms with van der Waals surface area (Å²) in [5.41, 5.74) is 5.01. The van der Waals surface area contributed by atoms with Crippen molar-refractivity contribution >= 4 is 141 Å². The lowest BCUT2D eigenvalue weighted by molar-refractivity contribution is -0.150. The normalized spacial score (nSPS) is 21.4. The third-order valence-corrected chi connectivity index (χ3v) is 18.7. The number of Topliss-reactive ketones (excluding diaryl/α,β-unsaturated/α-hetero) is 1. The summed E-state index contributed by atoms with van der Waals surface area (Å²) in [7, 11) is 2.57. The molecule has 8 atom stereocenters. The number of esters is 3. The predicted octanol–water partition coefficient (Wildman–Crippen LogP) is 17.2. The minimum absolute atomic E-state index is 0.00638. The molecule has 6 amide bonds. The van der Waals surface area contributed by atoms with Crippen LogP contribution in [0.25, 0.3) is 10.4 Å². The Kier molecular flexibility index (Phi) is 37.9. The topological polar surface area (TPSA) is 348 Å². The van der Waals surface area contributed by atoms with Gasteiger partial charge in [-0.2, -0.15) is 0 Å². The largest absolute Gasteiger partial charge is 0.459 e. The zero-order chi connectivity index (χ0) is 92.0. The minimum Gasteiger partial charge on any atom is -0.459 e. The highest BCUT2D eigenvalue weighted by Gasteiger charge is 2.56. The molecule has 0 spiro atoms. The Bertz CT molecular complexity index is 4280. The second-order valence-corrected chi connectivity index (χ2v) is 39.0. The van der Waals surface area contributed by atoms with Gasteiger partial charge in [-0.05, 0) is 123 Å². The zero-order valence-electron chi connectivity index (χ0n) is 70.0. The smallest absolute Gasteiger partial charge is 0.411 e. The SMILES string of the molecule is CC(C)(C)OC(=O)N1C[C@@](F)(CN)C[C@H]1C(=O)OCc1ccccc1.CC(C)(C)OC(=O)N1C[C@@](F)(CN=[N+]=[N-])C[C@H]1C(=O)OCc1ccccc1.CN(C[C@@]1(F)C[C@@H](C(=O)CCc2cccc(Cl)c2F)N(C(=O)OC(C)(C)C)C1)C(=O)OCC(Cl)(Cl)Cl.CN(C[C@@]1(F)C[C@@H](C(=O)OCc2ccccc2)N(C(=O)OC(C)(C)C)C1)C(=O)OCC(Cl)(Cl)Cl. The summed E-state index contributed by atoms with van der Waals surface area (Å²) in [5, 5.41) is 3.18. The third-order valence-electron chi connectivity index (χ3n) is 17.8. The van der Waals surface area contributed by atoms with E-state index in [2.05, 4.69) is 10.0 Å². The molecule has 4 fully saturated rings. The van der Waals surface area contributed by atoms with Crippen molar-refractivity contribution in [1.82, 2.24) is 29.4 Å². The fourth-order valence-electron chi connectivity index (χ4n) is 12.5. The summed E-state index contributed by atoms with van der Waals surface area (Å²) in [5.74, 6) is -3.30. The van der Waals surface area contributed by atoms with Crippen LogP contribution in [0.4, 0.5) is 50.7 Å². The first-order valence-electron chi connectivity index (χ1n) is 38.2. The molecule has 0 aliphatic carbocycles. The molecule has 4 aliphatic rings. The molecular weight excluding hydrogens is 1760 g/mol. The molecule has 4 heterocycles. The van der Waals surface area contributed by atoms with Crippen LogP contribution in [0.3, 0.4) is 0 Å². The molecule has 676 valence electrons. The van der Waals surface area contributed by atoms with E-state index in [1.165, 1.54) is 26.2 Å². The highest BCUT2D eigenvalue weighted by atomic mass is 35.6. The first kappa shape index (κ1) is 104. The Morgan fingerprint density at radius 2 is 0.770 bits per heavy atom. The predicted molar refractivity (Wildman–Crippen MR) is 446 cm³/mol. The average molecular weight is 1860 g/mol. The number of ether oxygens (including phenoxy) is 9. The lowest BCUT2D eigenvalue weighted by Crippen LogP contribution is -2.46. The number of amides is 6. The van der Waals surface area contributed by atoms with Crippen LogP contribution < -0.4 is 5.73 Å². The van der Waals surface area contributed by atoms with Crippen molar-refractivity contribution in [1.29, 1.82) is 0 Å². The number of rotatable bonds is 22. The molecule has 29 nitrogen and oxygen atoms in total. The van der Waals surface area contributed by atoms with Gasteiger partial charge in [0.05, 0.1) is 56.9 Å². The van der Waals surface area contributed by atoms with Gasteiger partial charge >= 0.3 is 54.5 Å². The van der Waals surface area contributed by atoms with Crippen LogP contribution in [0.1, 0.15) is 137 Å². The monoisotopic (exact) mass is 1860 g/mol. The van der Waals surface area contributed by atoms with Crippen LogP contribution >= 0.6 is 81.2 Å². The minimum atomic E-state index is -2.16. The van der Waals surface area contributed by atoms with Crippen LogP contribution in [0.5, 0.6) is 0 Å². The first-order valence-corrected chi connectivity index (χ1v) is 40.8. The van der Waals surface area contributed by atoms with Gasteiger partial charge < -0.3 is 58.2 Å². The number of azide groups is 1. The maximum Gasteiger partial charge on any atom is 0.411 e. The van der Waals surface area contributed by atoms with E-state index in [0.29, 0.717) is 0 Å². The number of nitrogens with zero attached hydrogens (tertiary/aromatic N) is 9. The molecule has 0 saturated carbocycles. The van der Waals surface area contributed by atoms with Crippen molar-refractivity contribution in [2.45, 2.75) is 218 Å². The van der Waals surface area contributed by atoms with E-state index in [1.807, 2.05) is 42.5 Å². The Labute approximate surface area is 740 Å². The van der Waals surface area contributed by atoms with Gasteiger partial charge in [0.15, 0.2) is 5.78 Å². The van der Waals surface area contributed by atoms with Gasteiger partial charge in [-0.1, -0.05) is 189 Å². The molecule has 0 unspecified atom stereocenters. The summed E-state index contributed by atoms with van der Waals surface area (Å²) in [4.78, 5) is 134. The molecule has 4 saturated heterocycles. The maximum absolute atomic E-state index is 15.9. The van der Waals surface area contributed by atoms with Gasteiger partial charge in [0, 0.05) is 57.7 Å². The van der Waals surface area contributed by atoms with Gasteiger partial charge in [0.1, 0.15) is 102 Å². The van der Waals surface area contributed by atoms with Crippen molar-refractivity contribution in [2.75, 3.05) is 79.7 Å².